The second-order valence-corrected chi connectivity index (χ2v) is 4.19. The van der Waals surface area contributed by atoms with Gasteiger partial charge in [-0.1, -0.05) is 0 Å². The van der Waals surface area contributed by atoms with Gasteiger partial charge in [0.25, 0.3) is 0 Å². The third-order valence-corrected chi connectivity index (χ3v) is 2.77. The zero-order valence-corrected chi connectivity index (χ0v) is 11.4. The molecule has 0 radical (unpaired) electrons. The average molecular weight is 269 g/mol. The number of morpholine rings is 1. The molecule has 1 unspecified atom stereocenters. The summed E-state index contributed by atoms with van der Waals surface area (Å²) in [6, 6.07) is 0.466. The van der Waals surface area contributed by atoms with Crippen molar-refractivity contribution in [3.05, 3.63) is 0 Å². The fourth-order valence-corrected chi connectivity index (χ4v) is 1.81. The number of ether oxygens (including phenoxy) is 3. The third kappa shape index (κ3) is 3.65. The first kappa shape index (κ1) is 13.8. The molecule has 1 aromatic heterocycles. The van der Waals surface area contributed by atoms with Crippen LogP contribution >= 0.6 is 0 Å². The number of methoxy groups -OCH3 is 2. The van der Waals surface area contributed by atoms with Crippen LogP contribution in [0.3, 0.4) is 0 Å². The highest BCUT2D eigenvalue weighted by molar-refractivity contribution is 5.31. The lowest BCUT2D eigenvalue weighted by Gasteiger charge is -2.28. The first-order valence-electron chi connectivity index (χ1n) is 6.10. The molecule has 1 N–H and O–H groups in total. The number of likely N-dealkylation sites (N-methyl/N-ethyl adjacent to an activating group) is 1. The van der Waals surface area contributed by atoms with Crippen LogP contribution < -0.4 is 19.7 Å². The topological polar surface area (TPSA) is 81.6 Å². The number of hydrogen-bond donors (Lipinski definition) is 1. The Morgan fingerprint density at radius 1 is 1.26 bits per heavy atom. The van der Waals surface area contributed by atoms with Crippen molar-refractivity contribution >= 4 is 5.95 Å². The Morgan fingerprint density at radius 2 is 1.95 bits per heavy atom. The predicted molar refractivity (Wildman–Crippen MR) is 68.8 cm³/mol. The van der Waals surface area contributed by atoms with Gasteiger partial charge >= 0.3 is 12.0 Å². The quantitative estimate of drug-likeness (QED) is 0.752. The van der Waals surface area contributed by atoms with Crippen molar-refractivity contribution in [3.63, 3.8) is 0 Å². The predicted octanol–water partition coefficient (Wildman–Crippen LogP) is -0.687. The van der Waals surface area contributed by atoms with Gasteiger partial charge in [-0.05, 0) is 0 Å². The minimum absolute atomic E-state index is 0.118. The van der Waals surface area contributed by atoms with Crippen molar-refractivity contribution < 1.29 is 14.2 Å². The average Bonchev–Trinajstić information content (AvgIpc) is 2.47. The van der Waals surface area contributed by atoms with Gasteiger partial charge in [-0.25, -0.2) is 0 Å². The lowest BCUT2D eigenvalue weighted by atomic mass is 10.3. The molecule has 1 aliphatic rings. The summed E-state index contributed by atoms with van der Waals surface area (Å²) >= 11 is 0. The van der Waals surface area contributed by atoms with Crippen LogP contribution in [0.4, 0.5) is 5.95 Å². The first-order chi connectivity index (χ1) is 9.22. The van der Waals surface area contributed by atoms with E-state index in [9.17, 15) is 0 Å². The molecular formula is C11H19N5O3. The van der Waals surface area contributed by atoms with Crippen LogP contribution in [0.15, 0.2) is 0 Å². The monoisotopic (exact) mass is 269 g/mol. The van der Waals surface area contributed by atoms with E-state index in [1.165, 1.54) is 14.2 Å². The molecule has 8 heteroatoms. The SMILES string of the molecule is COc1nc(OC)nc(N(C)CC2CNCCO2)n1. The molecule has 1 aliphatic heterocycles. The molecule has 2 heterocycles. The largest absolute Gasteiger partial charge is 0.467 e. The number of nitrogens with one attached hydrogen (secondary N) is 1. The molecule has 0 aliphatic carbocycles. The van der Waals surface area contributed by atoms with E-state index in [0.717, 1.165) is 19.7 Å². The zero-order chi connectivity index (χ0) is 13.7. The van der Waals surface area contributed by atoms with E-state index in [1.54, 1.807) is 0 Å². The molecule has 1 aromatic rings. The number of aromatic nitrogens is 3. The zero-order valence-electron chi connectivity index (χ0n) is 11.4. The molecular weight excluding hydrogens is 250 g/mol. The highest BCUT2D eigenvalue weighted by Gasteiger charge is 2.18. The Kier molecular flexibility index (Phi) is 4.69. The Hall–Kier alpha value is -1.67. The molecule has 1 saturated heterocycles. The Morgan fingerprint density at radius 3 is 2.47 bits per heavy atom. The summed E-state index contributed by atoms with van der Waals surface area (Å²) in [5.74, 6) is 0.498. The molecule has 0 bridgehead atoms. The maximum Gasteiger partial charge on any atom is 0.324 e. The van der Waals surface area contributed by atoms with Crippen LogP contribution in [0.5, 0.6) is 12.0 Å². The minimum Gasteiger partial charge on any atom is -0.467 e. The molecule has 8 nitrogen and oxygen atoms in total. The van der Waals surface area contributed by atoms with Crippen LogP contribution in [0.1, 0.15) is 0 Å². The van der Waals surface area contributed by atoms with Gasteiger partial charge < -0.3 is 24.4 Å². The Labute approximate surface area is 112 Å². The first-order valence-corrected chi connectivity index (χ1v) is 6.10. The maximum absolute atomic E-state index is 5.65. The Bertz CT molecular complexity index is 389. The molecule has 0 aromatic carbocycles. The van der Waals surface area contributed by atoms with Gasteiger partial charge in [-0.2, -0.15) is 9.97 Å². The maximum atomic E-state index is 5.65. The highest BCUT2D eigenvalue weighted by Crippen LogP contribution is 2.15. The summed E-state index contributed by atoms with van der Waals surface area (Å²) in [6.07, 6.45) is 0.118. The molecule has 2 rings (SSSR count). The lowest BCUT2D eigenvalue weighted by Crippen LogP contribution is -2.44. The second kappa shape index (κ2) is 6.48. The third-order valence-electron chi connectivity index (χ3n) is 2.77. The fourth-order valence-electron chi connectivity index (χ4n) is 1.81. The van der Waals surface area contributed by atoms with E-state index < -0.39 is 0 Å². The van der Waals surface area contributed by atoms with Crippen molar-refractivity contribution in [2.75, 3.05) is 52.4 Å². The molecule has 1 fully saturated rings. The van der Waals surface area contributed by atoms with E-state index >= 15 is 0 Å². The van der Waals surface area contributed by atoms with Crippen LogP contribution in [0.2, 0.25) is 0 Å². The summed E-state index contributed by atoms with van der Waals surface area (Å²) in [5.41, 5.74) is 0. The Balaban J connectivity index is 2.06. The van der Waals surface area contributed by atoms with Crippen molar-refractivity contribution in [3.8, 4) is 12.0 Å². The van der Waals surface area contributed by atoms with Gasteiger partial charge in [0.1, 0.15) is 0 Å². The summed E-state index contributed by atoms with van der Waals surface area (Å²) < 4.78 is 15.7. The molecule has 0 spiro atoms. The standard InChI is InChI=1S/C11H19N5O3/c1-16(7-8-6-12-4-5-19-8)9-13-10(17-2)15-11(14-9)18-3/h8,12H,4-7H2,1-3H3. The summed E-state index contributed by atoms with van der Waals surface area (Å²) in [7, 11) is 4.91. The summed E-state index contributed by atoms with van der Waals surface area (Å²) in [5, 5.41) is 3.28. The van der Waals surface area contributed by atoms with Gasteiger partial charge in [0.05, 0.1) is 26.9 Å². The van der Waals surface area contributed by atoms with E-state index in [4.69, 9.17) is 14.2 Å². The van der Waals surface area contributed by atoms with Crippen LogP contribution in [-0.2, 0) is 4.74 Å². The molecule has 106 valence electrons. The molecule has 19 heavy (non-hydrogen) atoms. The van der Waals surface area contributed by atoms with Gasteiger partial charge in [-0.15, -0.1) is 4.98 Å². The molecule has 0 saturated carbocycles. The van der Waals surface area contributed by atoms with Gasteiger partial charge in [0, 0.05) is 26.7 Å². The van der Waals surface area contributed by atoms with E-state index in [0.29, 0.717) is 12.5 Å². The van der Waals surface area contributed by atoms with Crippen molar-refractivity contribution in [1.29, 1.82) is 0 Å². The summed E-state index contributed by atoms with van der Waals surface area (Å²) in [6.45, 7) is 3.13. The van der Waals surface area contributed by atoms with E-state index in [-0.39, 0.29) is 18.1 Å². The number of nitrogens with zero attached hydrogens (tertiary/aromatic N) is 4. The van der Waals surface area contributed by atoms with Crippen LogP contribution in [-0.4, -0.2) is 68.6 Å². The van der Waals surface area contributed by atoms with Gasteiger partial charge in [-0.3, -0.25) is 0 Å². The van der Waals surface area contributed by atoms with Crippen LogP contribution in [0, 0.1) is 0 Å². The molecule has 0 amide bonds. The number of hydrogen-bond acceptors (Lipinski definition) is 8. The van der Waals surface area contributed by atoms with Crippen molar-refractivity contribution in [1.82, 2.24) is 20.3 Å². The minimum atomic E-state index is 0.118. The number of anilines is 1. The van der Waals surface area contributed by atoms with Gasteiger partial charge in [0.15, 0.2) is 0 Å². The fraction of sp³-hybridized carbons (Fsp3) is 0.727. The van der Waals surface area contributed by atoms with E-state index in [2.05, 4.69) is 20.3 Å². The second-order valence-electron chi connectivity index (χ2n) is 4.19. The van der Waals surface area contributed by atoms with Crippen LogP contribution in [0.25, 0.3) is 0 Å². The normalized spacial score (nSPS) is 19.0. The smallest absolute Gasteiger partial charge is 0.324 e. The highest BCUT2D eigenvalue weighted by atomic mass is 16.5. The lowest BCUT2D eigenvalue weighted by molar-refractivity contribution is 0.0338. The summed E-state index contributed by atoms with van der Waals surface area (Å²) in [4.78, 5) is 14.2. The number of rotatable bonds is 5. The van der Waals surface area contributed by atoms with Gasteiger partial charge in [0.2, 0.25) is 5.95 Å². The van der Waals surface area contributed by atoms with E-state index in [1.807, 2.05) is 11.9 Å². The molecule has 1 atom stereocenters. The van der Waals surface area contributed by atoms with Crippen molar-refractivity contribution in [2.24, 2.45) is 0 Å². The van der Waals surface area contributed by atoms with Crippen molar-refractivity contribution in [2.45, 2.75) is 6.10 Å².